The molecule has 1 fully saturated rings. The van der Waals surface area contributed by atoms with Gasteiger partial charge in [-0.2, -0.15) is 0 Å². The Hall–Kier alpha value is -1.52. The van der Waals surface area contributed by atoms with Crippen molar-refractivity contribution < 1.29 is 25.2 Å². The van der Waals surface area contributed by atoms with E-state index in [2.05, 4.69) is 15.3 Å². The monoisotopic (exact) mass is 284 g/mol. The Morgan fingerprint density at radius 2 is 2.15 bits per heavy atom. The van der Waals surface area contributed by atoms with E-state index < -0.39 is 30.8 Å². The van der Waals surface area contributed by atoms with Gasteiger partial charge in [0.2, 0.25) is 0 Å². The second-order valence-corrected chi connectivity index (χ2v) is 4.78. The minimum atomic E-state index is -1.18. The standard InChI is InChI=1S/C11H16N4O5/c16-2-6-8(18)9(19)11(20-6)15-4-14-5-1-7(17)12-3-13-10(5)15/h3-4,6-9,11,16-19H,1-2H2,(H,12,13)/t6-,7?,8-,9-,11-/m0/s1. The Labute approximate surface area is 114 Å². The number of hydrogen-bond donors (Lipinski definition) is 5. The summed E-state index contributed by atoms with van der Waals surface area (Å²) in [5.41, 5.74) is 0.577. The molecule has 0 spiro atoms. The molecule has 110 valence electrons. The van der Waals surface area contributed by atoms with Crippen molar-refractivity contribution in [3.63, 3.8) is 0 Å². The molecule has 3 heterocycles. The van der Waals surface area contributed by atoms with Crippen LogP contribution < -0.4 is 5.32 Å². The van der Waals surface area contributed by atoms with Crippen LogP contribution >= 0.6 is 0 Å². The summed E-state index contributed by atoms with van der Waals surface area (Å²) in [5, 5.41) is 41.3. The molecule has 5 N–H and O–H groups in total. The molecule has 20 heavy (non-hydrogen) atoms. The van der Waals surface area contributed by atoms with Gasteiger partial charge in [-0.1, -0.05) is 0 Å². The van der Waals surface area contributed by atoms with Crippen LogP contribution in [0.2, 0.25) is 0 Å². The zero-order valence-corrected chi connectivity index (χ0v) is 10.5. The maximum atomic E-state index is 10.0. The molecule has 1 aromatic heterocycles. The first kappa shape index (κ1) is 13.5. The lowest BCUT2D eigenvalue weighted by Gasteiger charge is -2.18. The molecule has 0 amide bonds. The summed E-state index contributed by atoms with van der Waals surface area (Å²) in [4.78, 5) is 7.96. The van der Waals surface area contributed by atoms with Gasteiger partial charge in [0, 0.05) is 6.42 Å². The normalized spacial score (nSPS) is 36.5. The van der Waals surface area contributed by atoms with Crippen molar-refractivity contribution in [1.82, 2.24) is 9.55 Å². The summed E-state index contributed by atoms with van der Waals surface area (Å²) < 4.78 is 6.96. The molecular weight excluding hydrogens is 268 g/mol. The van der Waals surface area contributed by atoms with Crippen LogP contribution in [0.3, 0.4) is 0 Å². The molecule has 0 saturated carbocycles. The van der Waals surface area contributed by atoms with E-state index in [4.69, 9.17) is 9.84 Å². The van der Waals surface area contributed by atoms with Gasteiger partial charge >= 0.3 is 0 Å². The van der Waals surface area contributed by atoms with E-state index in [0.717, 1.165) is 0 Å². The summed E-state index contributed by atoms with van der Waals surface area (Å²) in [6.07, 6.45) is -1.92. The highest BCUT2D eigenvalue weighted by atomic mass is 16.6. The molecule has 2 aliphatic rings. The number of ether oxygens (including phenoxy) is 1. The van der Waals surface area contributed by atoms with E-state index in [1.807, 2.05) is 0 Å². The van der Waals surface area contributed by atoms with Crippen LogP contribution in [-0.2, 0) is 11.2 Å². The van der Waals surface area contributed by atoms with Crippen molar-refractivity contribution in [2.24, 2.45) is 4.99 Å². The summed E-state index contributed by atoms with van der Waals surface area (Å²) >= 11 is 0. The van der Waals surface area contributed by atoms with E-state index >= 15 is 0 Å². The SMILES string of the molecule is OC[C@@H]1O[C@H](n2cnc3c2NC=NC(O)C3)[C@@H](O)[C@H]1O. The number of aliphatic imine (C=N–C) groups is 1. The third-order valence-corrected chi connectivity index (χ3v) is 3.48. The number of fused-ring (bicyclic) bond motifs is 1. The van der Waals surface area contributed by atoms with Crippen LogP contribution in [0.5, 0.6) is 0 Å². The number of nitrogens with zero attached hydrogens (tertiary/aromatic N) is 3. The van der Waals surface area contributed by atoms with Crippen molar-refractivity contribution in [2.75, 3.05) is 11.9 Å². The first-order chi connectivity index (χ1) is 9.61. The molecule has 1 saturated heterocycles. The van der Waals surface area contributed by atoms with Gasteiger partial charge in [-0.15, -0.1) is 0 Å². The Kier molecular flexibility index (Phi) is 3.44. The first-order valence-corrected chi connectivity index (χ1v) is 6.26. The van der Waals surface area contributed by atoms with Crippen molar-refractivity contribution in [2.45, 2.75) is 37.2 Å². The van der Waals surface area contributed by atoms with Crippen LogP contribution in [0, 0.1) is 0 Å². The topological polar surface area (TPSA) is 132 Å². The van der Waals surface area contributed by atoms with Crippen molar-refractivity contribution in [3.8, 4) is 0 Å². The van der Waals surface area contributed by atoms with Crippen LogP contribution in [0.1, 0.15) is 11.9 Å². The van der Waals surface area contributed by atoms with Crippen molar-refractivity contribution in [3.05, 3.63) is 12.0 Å². The first-order valence-electron chi connectivity index (χ1n) is 6.26. The molecule has 2 aliphatic heterocycles. The highest BCUT2D eigenvalue weighted by Crippen LogP contribution is 2.33. The van der Waals surface area contributed by atoms with Gasteiger partial charge < -0.3 is 30.5 Å². The number of rotatable bonds is 2. The lowest BCUT2D eigenvalue weighted by Crippen LogP contribution is -2.33. The van der Waals surface area contributed by atoms with Gasteiger partial charge in [-0.05, 0) is 0 Å². The zero-order valence-electron chi connectivity index (χ0n) is 10.5. The van der Waals surface area contributed by atoms with Gasteiger partial charge in [-0.3, -0.25) is 4.57 Å². The second kappa shape index (κ2) is 5.11. The molecule has 0 aliphatic carbocycles. The number of aliphatic hydroxyl groups is 4. The van der Waals surface area contributed by atoms with Gasteiger partial charge in [0.05, 0.1) is 25.0 Å². The average Bonchev–Trinajstić information content (AvgIpc) is 2.87. The van der Waals surface area contributed by atoms with E-state index in [0.29, 0.717) is 11.5 Å². The molecule has 9 heteroatoms. The Bertz CT molecular complexity index is 519. The summed E-state index contributed by atoms with van der Waals surface area (Å²) in [7, 11) is 0. The third kappa shape index (κ3) is 2.09. The second-order valence-electron chi connectivity index (χ2n) is 4.78. The minimum Gasteiger partial charge on any atom is -0.394 e. The third-order valence-electron chi connectivity index (χ3n) is 3.48. The predicted molar refractivity (Wildman–Crippen MR) is 67.1 cm³/mol. The van der Waals surface area contributed by atoms with Gasteiger partial charge in [0.1, 0.15) is 24.1 Å². The molecular formula is C11H16N4O5. The summed E-state index contributed by atoms with van der Waals surface area (Å²) in [6.45, 7) is -0.390. The van der Waals surface area contributed by atoms with Crippen LogP contribution in [0.4, 0.5) is 5.82 Å². The fourth-order valence-corrected chi connectivity index (χ4v) is 2.42. The largest absolute Gasteiger partial charge is 0.394 e. The molecule has 0 bridgehead atoms. The number of aromatic nitrogens is 2. The fraction of sp³-hybridized carbons (Fsp3) is 0.636. The van der Waals surface area contributed by atoms with Gasteiger partial charge in [0.25, 0.3) is 0 Å². The lowest BCUT2D eigenvalue weighted by atomic mass is 10.1. The smallest absolute Gasteiger partial charge is 0.165 e. The number of aliphatic hydroxyl groups excluding tert-OH is 4. The van der Waals surface area contributed by atoms with Crippen LogP contribution in [-0.4, -0.2) is 67.5 Å². The molecule has 1 unspecified atom stereocenters. The fourth-order valence-electron chi connectivity index (χ4n) is 2.42. The maximum absolute atomic E-state index is 10.0. The molecule has 0 aromatic carbocycles. The average molecular weight is 284 g/mol. The molecule has 1 aromatic rings. The predicted octanol–water partition coefficient (Wildman–Crippen LogP) is -2.19. The van der Waals surface area contributed by atoms with E-state index in [-0.39, 0.29) is 13.0 Å². The van der Waals surface area contributed by atoms with E-state index in [1.54, 1.807) is 0 Å². The Balaban J connectivity index is 1.91. The number of imidazole rings is 1. The number of hydrogen-bond acceptors (Lipinski definition) is 8. The van der Waals surface area contributed by atoms with Gasteiger partial charge in [0.15, 0.2) is 12.5 Å². The highest BCUT2D eigenvalue weighted by molar-refractivity contribution is 5.76. The van der Waals surface area contributed by atoms with Gasteiger partial charge in [-0.25, -0.2) is 9.98 Å². The van der Waals surface area contributed by atoms with Crippen molar-refractivity contribution >= 4 is 12.2 Å². The summed E-state index contributed by atoms with van der Waals surface area (Å²) in [5.74, 6) is 0.528. The van der Waals surface area contributed by atoms with E-state index in [1.165, 1.54) is 17.2 Å². The number of nitrogens with one attached hydrogen (secondary N) is 1. The Morgan fingerprint density at radius 3 is 2.85 bits per heavy atom. The molecule has 5 atom stereocenters. The molecule has 0 radical (unpaired) electrons. The number of anilines is 1. The van der Waals surface area contributed by atoms with Crippen LogP contribution in [0.15, 0.2) is 11.3 Å². The summed E-state index contributed by atoms with van der Waals surface area (Å²) in [6, 6.07) is 0. The highest BCUT2D eigenvalue weighted by Gasteiger charge is 2.44. The maximum Gasteiger partial charge on any atom is 0.165 e. The molecule has 3 rings (SSSR count). The quantitative estimate of drug-likeness (QED) is 0.416. The lowest BCUT2D eigenvalue weighted by molar-refractivity contribution is -0.0518. The van der Waals surface area contributed by atoms with E-state index in [9.17, 15) is 15.3 Å². The van der Waals surface area contributed by atoms with Crippen LogP contribution in [0.25, 0.3) is 0 Å². The zero-order chi connectivity index (χ0) is 14.3. The minimum absolute atomic E-state index is 0.237. The molecule has 9 nitrogen and oxygen atoms in total. The Morgan fingerprint density at radius 1 is 1.35 bits per heavy atom. The van der Waals surface area contributed by atoms with Crippen molar-refractivity contribution in [1.29, 1.82) is 0 Å².